The van der Waals surface area contributed by atoms with Crippen LogP contribution in [0.4, 0.5) is 15.8 Å². The molecule has 0 saturated heterocycles. The Morgan fingerprint density at radius 2 is 1.94 bits per heavy atom. The topological polar surface area (TPSA) is 38.0 Å². The molecule has 0 radical (unpaired) electrons. The molecule has 0 atom stereocenters. The molecular weight excluding hydrogens is 283 g/mol. The van der Waals surface area contributed by atoms with Crippen molar-refractivity contribution in [1.82, 2.24) is 0 Å². The average Bonchev–Trinajstić information content (AvgIpc) is 2.30. The lowest BCUT2D eigenvalue weighted by Crippen LogP contribution is -2.03. The number of hydrogen-bond donors (Lipinski definition) is 2. The summed E-state index contributed by atoms with van der Waals surface area (Å²) in [7, 11) is 0. The van der Waals surface area contributed by atoms with Gasteiger partial charge < -0.3 is 11.1 Å². The fraction of sp³-hybridized carbons (Fsp3) is 0.0769. The first-order valence-corrected chi connectivity index (χ1v) is 5.98. The normalized spacial score (nSPS) is 10.2. The summed E-state index contributed by atoms with van der Waals surface area (Å²) in [6.45, 7) is 0.415. The molecule has 0 fully saturated rings. The molecule has 0 aliphatic heterocycles. The van der Waals surface area contributed by atoms with E-state index in [-0.39, 0.29) is 5.82 Å². The molecule has 2 aromatic rings. The van der Waals surface area contributed by atoms with Gasteiger partial charge in [-0.15, -0.1) is 0 Å². The third-order valence-electron chi connectivity index (χ3n) is 2.44. The fourth-order valence-corrected chi connectivity index (χ4v) is 1.91. The lowest BCUT2D eigenvalue weighted by Gasteiger charge is -2.10. The zero-order valence-corrected chi connectivity index (χ0v) is 10.7. The maximum atomic E-state index is 13.4. The number of nitrogens with two attached hydrogens (primary N) is 1. The van der Waals surface area contributed by atoms with E-state index < -0.39 is 0 Å². The summed E-state index contributed by atoms with van der Waals surface area (Å²) in [5.41, 5.74) is 7.89. The Morgan fingerprint density at radius 1 is 1.18 bits per heavy atom. The first kappa shape index (κ1) is 11.9. The molecule has 0 aliphatic carbocycles. The van der Waals surface area contributed by atoms with Gasteiger partial charge in [-0.25, -0.2) is 4.39 Å². The summed E-state index contributed by atoms with van der Waals surface area (Å²) in [4.78, 5) is 0. The first-order chi connectivity index (χ1) is 8.16. The van der Waals surface area contributed by atoms with Crippen LogP contribution < -0.4 is 11.1 Å². The van der Waals surface area contributed by atoms with E-state index in [4.69, 9.17) is 5.73 Å². The largest absolute Gasteiger partial charge is 0.397 e. The number of nitrogen functional groups attached to an aromatic ring is 1. The van der Waals surface area contributed by atoms with Gasteiger partial charge in [-0.2, -0.15) is 0 Å². The predicted octanol–water partition coefficient (Wildman–Crippen LogP) is 3.78. The van der Waals surface area contributed by atoms with Crippen LogP contribution >= 0.6 is 15.9 Å². The number of nitrogens with one attached hydrogen (secondary N) is 1. The molecule has 0 aromatic heterocycles. The molecule has 2 aromatic carbocycles. The van der Waals surface area contributed by atoms with Crippen molar-refractivity contribution in [3.8, 4) is 0 Å². The molecule has 88 valence electrons. The van der Waals surface area contributed by atoms with Crippen molar-refractivity contribution in [2.45, 2.75) is 6.54 Å². The highest BCUT2D eigenvalue weighted by atomic mass is 79.9. The molecular formula is C13H12BrFN2. The van der Waals surface area contributed by atoms with Crippen molar-refractivity contribution in [3.63, 3.8) is 0 Å². The molecule has 0 heterocycles. The third-order valence-corrected chi connectivity index (χ3v) is 2.93. The summed E-state index contributed by atoms with van der Waals surface area (Å²) in [5, 5.41) is 3.11. The molecule has 0 spiro atoms. The van der Waals surface area contributed by atoms with Crippen LogP contribution in [0.3, 0.4) is 0 Å². The van der Waals surface area contributed by atoms with E-state index in [1.165, 1.54) is 6.07 Å². The quantitative estimate of drug-likeness (QED) is 0.846. The number of halogens is 2. The number of anilines is 2. The van der Waals surface area contributed by atoms with E-state index in [0.29, 0.717) is 17.8 Å². The minimum absolute atomic E-state index is 0.212. The van der Waals surface area contributed by atoms with E-state index in [9.17, 15) is 4.39 Å². The van der Waals surface area contributed by atoms with Gasteiger partial charge in [0.25, 0.3) is 0 Å². The van der Waals surface area contributed by atoms with Crippen LogP contribution in [0, 0.1) is 5.82 Å². The standard InChI is InChI=1S/C13H12BrFN2/c14-10-5-6-13(12(16)7-10)17-8-9-3-1-2-4-11(9)15/h1-7,17H,8,16H2. The molecule has 0 unspecified atom stereocenters. The van der Waals surface area contributed by atoms with Crippen molar-refractivity contribution in [2.75, 3.05) is 11.1 Å². The second-order valence-electron chi connectivity index (χ2n) is 3.68. The SMILES string of the molecule is Nc1cc(Br)ccc1NCc1ccccc1F. The maximum Gasteiger partial charge on any atom is 0.128 e. The Balaban J connectivity index is 2.10. The number of rotatable bonds is 3. The molecule has 0 aliphatic rings. The Hall–Kier alpha value is -1.55. The maximum absolute atomic E-state index is 13.4. The number of benzene rings is 2. The zero-order valence-electron chi connectivity index (χ0n) is 9.08. The Morgan fingerprint density at radius 3 is 2.65 bits per heavy atom. The summed E-state index contributed by atoms with van der Waals surface area (Å²) in [6, 6.07) is 12.2. The van der Waals surface area contributed by atoms with Crippen LogP contribution in [-0.4, -0.2) is 0 Å². The van der Waals surface area contributed by atoms with Crippen molar-refractivity contribution in [3.05, 3.63) is 58.3 Å². The highest BCUT2D eigenvalue weighted by Crippen LogP contribution is 2.23. The molecule has 0 saturated carbocycles. The van der Waals surface area contributed by atoms with Crippen LogP contribution in [0.15, 0.2) is 46.9 Å². The second-order valence-corrected chi connectivity index (χ2v) is 4.59. The van der Waals surface area contributed by atoms with Gasteiger partial charge in [-0.3, -0.25) is 0 Å². The lowest BCUT2D eigenvalue weighted by atomic mass is 10.2. The first-order valence-electron chi connectivity index (χ1n) is 5.19. The van der Waals surface area contributed by atoms with Crippen molar-refractivity contribution in [2.24, 2.45) is 0 Å². The zero-order chi connectivity index (χ0) is 12.3. The van der Waals surface area contributed by atoms with Crippen LogP contribution in [0.5, 0.6) is 0 Å². The Bertz CT molecular complexity index is 529. The minimum atomic E-state index is -0.212. The Kier molecular flexibility index (Phi) is 3.64. The molecule has 0 bridgehead atoms. The fourth-order valence-electron chi connectivity index (χ4n) is 1.53. The van der Waals surface area contributed by atoms with Crippen LogP contribution in [0.2, 0.25) is 0 Å². The molecule has 2 rings (SSSR count). The van der Waals surface area contributed by atoms with Crippen molar-refractivity contribution in [1.29, 1.82) is 0 Å². The van der Waals surface area contributed by atoms with E-state index >= 15 is 0 Å². The molecule has 17 heavy (non-hydrogen) atoms. The second kappa shape index (κ2) is 5.19. The van der Waals surface area contributed by atoms with Crippen LogP contribution in [0.1, 0.15) is 5.56 Å². The third kappa shape index (κ3) is 2.97. The average molecular weight is 295 g/mol. The minimum Gasteiger partial charge on any atom is -0.397 e. The highest BCUT2D eigenvalue weighted by Gasteiger charge is 2.02. The van der Waals surface area contributed by atoms with Gasteiger partial charge in [0.15, 0.2) is 0 Å². The summed E-state index contributed by atoms with van der Waals surface area (Å²) < 4.78 is 14.3. The van der Waals surface area contributed by atoms with Gasteiger partial charge in [-0.05, 0) is 24.3 Å². The highest BCUT2D eigenvalue weighted by molar-refractivity contribution is 9.10. The van der Waals surface area contributed by atoms with Gasteiger partial charge >= 0.3 is 0 Å². The smallest absolute Gasteiger partial charge is 0.128 e. The van der Waals surface area contributed by atoms with E-state index in [2.05, 4.69) is 21.2 Å². The van der Waals surface area contributed by atoms with Crippen LogP contribution in [0.25, 0.3) is 0 Å². The van der Waals surface area contributed by atoms with Crippen LogP contribution in [-0.2, 0) is 6.54 Å². The molecule has 2 nitrogen and oxygen atoms in total. The Labute approximate surface area is 108 Å². The summed E-state index contributed by atoms with van der Waals surface area (Å²) in [5.74, 6) is -0.212. The number of hydrogen-bond acceptors (Lipinski definition) is 2. The monoisotopic (exact) mass is 294 g/mol. The van der Waals surface area contributed by atoms with E-state index in [1.54, 1.807) is 12.1 Å². The summed E-state index contributed by atoms with van der Waals surface area (Å²) >= 11 is 3.34. The van der Waals surface area contributed by atoms with Gasteiger partial charge in [0, 0.05) is 16.6 Å². The predicted molar refractivity (Wildman–Crippen MR) is 72.3 cm³/mol. The van der Waals surface area contributed by atoms with Gasteiger partial charge in [0.05, 0.1) is 11.4 Å². The van der Waals surface area contributed by atoms with Crippen molar-refractivity contribution < 1.29 is 4.39 Å². The van der Waals surface area contributed by atoms with Gasteiger partial charge in [0.1, 0.15) is 5.82 Å². The molecule has 4 heteroatoms. The van der Waals surface area contributed by atoms with E-state index in [1.807, 2.05) is 24.3 Å². The molecule has 0 amide bonds. The lowest BCUT2D eigenvalue weighted by molar-refractivity contribution is 0.613. The summed E-state index contributed by atoms with van der Waals surface area (Å²) in [6.07, 6.45) is 0. The molecule has 3 N–H and O–H groups in total. The van der Waals surface area contributed by atoms with Crippen molar-refractivity contribution >= 4 is 27.3 Å². The van der Waals surface area contributed by atoms with Gasteiger partial charge in [0.2, 0.25) is 0 Å². The van der Waals surface area contributed by atoms with Gasteiger partial charge in [-0.1, -0.05) is 34.1 Å². The van der Waals surface area contributed by atoms with E-state index in [0.717, 1.165) is 10.2 Å².